The molecule has 0 bridgehead atoms. The summed E-state index contributed by atoms with van der Waals surface area (Å²) >= 11 is 0. The molecule has 1 aromatic heterocycles. The highest BCUT2D eigenvalue weighted by atomic mass is 16.5. The van der Waals surface area contributed by atoms with E-state index in [0.717, 1.165) is 12.2 Å². The van der Waals surface area contributed by atoms with Crippen molar-refractivity contribution in [2.75, 3.05) is 23.8 Å². The largest absolute Gasteiger partial charge is 0.478 e. The molecule has 5 heteroatoms. The average molecular weight is 285 g/mol. The lowest BCUT2D eigenvalue weighted by Gasteiger charge is -2.11. The van der Waals surface area contributed by atoms with Crippen LogP contribution in [0.5, 0.6) is 5.88 Å². The Morgan fingerprint density at radius 3 is 2.67 bits per heavy atom. The maximum atomic E-state index is 12.3. The Hall–Kier alpha value is -2.56. The molecule has 0 atom stereocenters. The molecule has 1 heterocycles. The van der Waals surface area contributed by atoms with Crippen molar-refractivity contribution in [2.24, 2.45) is 0 Å². The number of carbonyl (C=O) groups excluding carboxylic acids is 1. The summed E-state index contributed by atoms with van der Waals surface area (Å²) in [4.78, 5) is 16.4. The van der Waals surface area contributed by atoms with Crippen LogP contribution in [0.4, 0.5) is 11.4 Å². The van der Waals surface area contributed by atoms with Crippen LogP contribution in [0.2, 0.25) is 0 Å². The minimum Gasteiger partial charge on any atom is -0.478 e. The topological polar surface area (TPSA) is 63.2 Å². The molecule has 110 valence electrons. The molecule has 1 amide bonds. The van der Waals surface area contributed by atoms with E-state index in [-0.39, 0.29) is 5.91 Å². The second-order valence-corrected chi connectivity index (χ2v) is 4.35. The van der Waals surface area contributed by atoms with Crippen LogP contribution in [0.25, 0.3) is 0 Å². The van der Waals surface area contributed by atoms with Crippen LogP contribution in [0.15, 0.2) is 42.6 Å². The summed E-state index contributed by atoms with van der Waals surface area (Å²) in [5.41, 5.74) is 2.05. The molecule has 0 saturated carbocycles. The first-order valence-corrected chi connectivity index (χ1v) is 6.97. The number of benzene rings is 1. The van der Waals surface area contributed by atoms with Gasteiger partial charge in [-0.2, -0.15) is 0 Å². The smallest absolute Gasteiger partial charge is 0.257 e. The number of pyridine rings is 1. The van der Waals surface area contributed by atoms with E-state index in [0.29, 0.717) is 23.7 Å². The van der Waals surface area contributed by atoms with Crippen molar-refractivity contribution < 1.29 is 9.53 Å². The Morgan fingerprint density at radius 2 is 2.00 bits per heavy atom. The number of nitrogens with one attached hydrogen (secondary N) is 2. The van der Waals surface area contributed by atoms with E-state index in [4.69, 9.17) is 4.74 Å². The van der Waals surface area contributed by atoms with Crippen LogP contribution in [0, 0.1) is 0 Å². The molecule has 2 rings (SSSR count). The number of para-hydroxylation sites is 1. The maximum Gasteiger partial charge on any atom is 0.257 e. The van der Waals surface area contributed by atoms with Gasteiger partial charge in [-0.15, -0.1) is 0 Å². The van der Waals surface area contributed by atoms with Gasteiger partial charge in [0.05, 0.1) is 24.1 Å². The first kappa shape index (κ1) is 14.8. The Balaban J connectivity index is 2.10. The second-order valence-electron chi connectivity index (χ2n) is 4.35. The van der Waals surface area contributed by atoms with Gasteiger partial charge >= 0.3 is 0 Å². The van der Waals surface area contributed by atoms with Gasteiger partial charge in [-0.05, 0) is 32.0 Å². The number of ether oxygens (including phenoxy) is 1. The number of nitrogens with zero attached hydrogens (tertiary/aromatic N) is 1. The third-order valence-corrected chi connectivity index (χ3v) is 2.83. The minimum absolute atomic E-state index is 0.169. The molecule has 0 spiro atoms. The summed E-state index contributed by atoms with van der Waals surface area (Å²) in [6.07, 6.45) is 1.58. The molecule has 1 aromatic carbocycles. The molecule has 0 fully saturated rings. The van der Waals surface area contributed by atoms with Gasteiger partial charge in [-0.3, -0.25) is 4.79 Å². The highest BCUT2D eigenvalue weighted by molar-refractivity contribution is 6.07. The molecule has 0 aliphatic heterocycles. The fourth-order valence-corrected chi connectivity index (χ4v) is 1.91. The zero-order valence-corrected chi connectivity index (χ0v) is 12.2. The summed E-state index contributed by atoms with van der Waals surface area (Å²) in [5, 5.41) is 6.00. The number of rotatable bonds is 6. The molecule has 2 aromatic rings. The van der Waals surface area contributed by atoms with Gasteiger partial charge in [0.15, 0.2) is 0 Å². The van der Waals surface area contributed by atoms with E-state index < -0.39 is 0 Å². The predicted molar refractivity (Wildman–Crippen MR) is 84.0 cm³/mol. The molecular formula is C16H19N3O2. The highest BCUT2D eigenvalue weighted by Gasteiger charge is 2.10. The summed E-state index contributed by atoms with van der Waals surface area (Å²) < 4.78 is 5.27. The Kier molecular flexibility index (Phi) is 5.15. The summed E-state index contributed by atoms with van der Waals surface area (Å²) in [6, 6.07) is 10.9. The van der Waals surface area contributed by atoms with Crippen molar-refractivity contribution >= 4 is 17.3 Å². The monoisotopic (exact) mass is 285 g/mol. The Labute approximate surface area is 124 Å². The van der Waals surface area contributed by atoms with Crippen LogP contribution < -0.4 is 15.4 Å². The Morgan fingerprint density at radius 1 is 1.19 bits per heavy atom. The van der Waals surface area contributed by atoms with E-state index in [1.165, 1.54) is 0 Å². The van der Waals surface area contributed by atoms with E-state index in [2.05, 4.69) is 15.6 Å². The molecule has 0 radical (unpaired) electrons. The lowest BCUT2D eigenvalue weighted by molar-refractivity contribution is 0.102. The van der Waals surface area contributed by atoms with E-state index in [1.54, 1.807) is 24.4 Å². The van der Waals surface area contributed by atoms with Crippen LogP contribution in [-0.4, -0.2) is 24.0 Å². The number of carbonyl (C=O) groups is 1. The van der Waals surface area contributed by atoms with Crippen molar-refractivity contribution in [1.29, 1.82) is 0 Å². The molecular weight excluding hydrogens is 266 g/mol. The molecule has 0 aliphatic carbocycles. The Bertz CT molecular complexity index is 597. The first-order chi connectivity index (χ1) is 10.2. The highest BCUT2D eigenvalue weighted by Crippen LogP contribution is 2.18. The van der Waals surface area contributed by atoms with Gasteiger partial charge in [-0.25, -0.2) is 4.98 Å². The predicted octanol–water partition coefficient (Wildman–Crippen LogP) is 3.16. The second kappa shape index (κ2) is 7.28. The van der Waals surface area contributed by atoms with Gasteiger partial charge in [0.2, 0.25) is 5.88 Å². The number of amides is 1. The lowest BCUT2D eigenvalue weighted by atomic mass is 10.1. The number of hydrogen-bond donors (Lipinski definition) is 2. The number of anilines is 2. The minimum atomic E-state index is -0.169. The van der Waals surface area contributed by atoms with Crippen LogP contribution in [-0.2, 0) is 0 Å². The molecule has 21 heavy (non-hydrogen) atoms. The number of aromatic nitrogens is 1. The fraction of sp³-hybridized carbons (Fsp3) is 0.250. The van der Waals surface area contributed by atoms with Crippen molar-refractivity contribution in [3.05, 3.63) is 48.2 Å². The summed E-state index contributed by atoms with van der Waals surface area (Å²) in [5.74, 6) is 0.376. The molecule has 5 nitrogen and oxygen atoms in total. The molecule has 2 N–H and O–H groups in total. The number of hydrogen-bond acceptors (Lipinski definition) is 4. The summed E-state index contributed by atoms with van der Waals surface area (Å²) in [6.45, 7) is 5.21. The van der Waals surface area contributed by atoms with Crippen LogP contribution in [0.3, 0.4) is 0 Å². The van der Waals surface area contributed by atoms with Gasteiger partial charge in [0.25, 0.3) is 5.91 Å². The maximum absolute atomic E-state index is 12.3. The van der Waals surface area contributed by atoms with E-state index >= 15 is 0 Å². The molecule has 0 saturated heterocycles. The van der Waals surface area contributed by atoms with Gasteiger partial charge in [0, 0.05) is 18.3 Å². The van der Waals surface area contributed by atoms with Gasteiger partial charge < -0.3 is 15.4 Å². The fourth-order valence-electron chi connectivity index (χ4n) is 1.91. The molecule has 0 aliphatic rings. The first-order valence-electron chi connectivity index (χ1n) is 6.97. The van der Waals surface area contributed by atoms with Crippen LogP contribution in [0.1, 0.15) is 24.2 Å². The van der Waals surface area contributed by atoms with Crippen molar-refractivity contribution in [2.45, 2.75) is 13.8 Å². The van der Waals surface area contributed by atoms with Crippen molar-refractivity contribution in [3.63, 3.8) is 0 Å². The molecule has 0 unspecified atom stereocenters. The standard InChI is InChI=1S/C16H19N3O2/c1-3-17-14-8-6-5-7-13(14)16(20)19-12-9-10-15(18-11-12)21-4-2/h5-11,17H,3-4H2,1-2H3,(H,19,20). The lowest BCUT2D eigenvalue weighted by Crippen LogP contribution is -2.14. The van der Waals surface area contributed by atoms with E-state index in [9.17, 15) is 4.79 Å². The van der Waals surface area contributed by atoms with Crippen molar-refractivity contribution in [1.82, 2.24) is 4.98 Å². The quantitative estimate of drug-likeness (QED) is 0.855. The third kappa shape index (κ3) is 3.95. The zero-order chi connectivity index (χ0) is 15.1. The average Bonchev–Trinajstić information content (AvgIpc) is 2.50. The van der Waals surface area contributed by atoms with E-state index in [1.807, 2.05) is 32.0 Å². The van der Waals surface area contributed by atoms with Crippen LogP contribution >= 0.6 is 0 Å². The van der Waals surface area contributed by atoms with Gasteiger partial charge in [-0.1, -0.05) is 12.1 Å². The zero-order valence-electron chi connectivity index (χ0n) is 12.2. The van der Waals surface area contributed by atoms with Crippen molar-refractivity contribution in [3.8, 4) is 5.88 Å². The van der Waals surface area contributed by atoms with Gasteiger partial charge in [0.1, 0.15) is 0 Å². The SMILES string of the molecule is CCNc1ccccc1C(=O)Nc1ccc(OCC)nc1. The third-order valence-electron chi connectivity index (χ3n) is 2.83. The normalized spacial score (nSPS) is 10.0. The summed E-state index contributed by atoms with van der Waals surface area (Å²) in [7, 11) is 0.